The molecule has 5 rings (SSSR count). The lowest BCUT2D eigenvalue weighted by molar-refractivity contribution is 0.0720. The van der Waals surface area contributed by atoms with E-state index in [-0.39, 0.29) is 11.9 Å². The van der Waals surface area contributed by atoms with E-state index in [1.54, 1.807) is 0 Å². The van der Waals surface area contributed by atoms with Gasteiger partial charge in [-0.1, -0.05) is 36.4 Å². The lowest BCUT2D eigenvalue weighted by Gasteiger charge is -2.42. The molecule has 2 aromatic carbocycles. The summed E-state index contributed by atoms with van der Waals surface area (Å²) in [5, 5.41) is 0. The largest absolute Gasteiger partial charge is 0.359 e. The van der Waals surface area contributed by atoms with Crippen molar-refractivity contribution in [3.05, 3.63) is 89.7 Å². The first-order valence-corrected chi connectivity index (χ1v) is 9.15. The Hall–Kier alpha value is -3.01. The summed E-state index contributed by atoms with van der Waals surface area (Å²) in [4.78, 5) is 17.4. The summed E-state index contributed by atoms with van der Waals surface area (Å²) >= 11 is 0. The van der Waals surface area contributed by atoms with Gasteiger partial charge in [0.1, 0.15) is 0 Å². The van der Waals surface area contributed by atoms with Gasteiger partial charge in [0.2, 0.25) is 0 Å². The Morgan fingerprint density at radius 1 is 0.885 bits per heavy atom. The molecule has 4 nitrogen and oxygen atoms in total. The molecule has 0 radical (unpaired) electrons. The third-order valence-corrected chi connectivity index (χ3v) is 5.54. The number of carbonyl (C=O) groups excluding carboxylic acids is 1. The van der Waals surface area contributed by atoms with Gasteiger partial charge >= 0.3 is 0 Å². The number of para-hydroxylation sites is 1. The molecule has 26 heavy (non-hydrogen) atoms. The van der Waals surface area contributed by atoms with E-state index in [2.05, 4.69) is 52.1 Å². The fourth-order valence-electron chi connectivity index (χ4n) is 4.25. The topological polar surface area (TPSA) is 28.5 Å². The van der Waals surface area contributed by atoms with Gasteiger partial charge < -0.3 is 14.4 Å². The van der Waals surface area contributed by atoms with Crippen LogP contribution >= 0.6 is 0 Å². The molecule has 3 heterocycles. The van der Waals surface area contributed by atoms with Crippen LogP contribution in [-0.2, 0) is 6.54 Å². The van der Waals surface area contributed by atoms with Crippen molar-refractivity contribution in [2.45, 2.75) is 12.6 Å². The Kier molecular flexibility index (Phi) is 3.56. The SMILES string of the molecule is O=C(c1ccccc1)N1CCN2c3ccccc3Cn3cccc3C2C1. The number of hydrogen-bond donors (Lipinski definition) is 0. The first kappa shape index (κ1) is 15.3. The van der Waals surface area contributed by atoms with Gasteiger partial charge in [0.05, 0.1) is 6.04 Å². The van der Waals surface area contributed by atoms with Crippen molar-refractivity contribution in [1.29, 1.82) is 0 Å². The summed E-state index contributed by atoms with van der Waals surface area (Å²) in [7, 11) is 0. The molecule has 0 aliphatic carbocycles. The Bertz CT molecular complexity index is 947. The molecule has 130 valence electrons. The molecule has 2 aliphatic heterocycles. The number of hydrogen-bond acceptors (Lipinski definition) is 2. The Morgan fingerprint density at radius 2 is 1.69 bits per heavy atom. The van der Waals surface area contributed by atoms with Crippen LogP contribution in [0.4, 0.5) is 5.69 Å². The van der Waals surface area contributed by atoms with Crippen LogP contribution in [0, 0.1) is 0 Å². The van der Waals surface area contributed by atoms with E-state index in [1.165, 1.54) is 16.9 Å². The number of piperazine rings is 1. The molecule has 1 amide bonds. The van der Waals surface area contributed by atoms with Crippen LogP contribution in [0.3, 0.4) is 0 Å². The first-order chi connectivity index (χ1) is 12.8. The maximum atomic E-state index is 13.0. The van der Waals surface area contributed by atoms with E-state index >= 15 is 0 Å². The predicted octanol–water partition coefficient (Wildman–Crippen LogP) is 3.55. The van der Waals surface area contributed by atoms with Crippen molar-refractivity contribution in [3.8, 4) is 0 Å². The normalized spacial score (nSPS) is 18.5. The third kappa shape index (κ3) is 2.41. The van der Waals surface area contributed by atoms with E-state index in [1.807, 2.05) is 35.2 Å². The van der Waals surface area contributed by atoms with Gasteiger partial charge in [-0.05, 0) is 35.9 Å². The van der Waals surface area contributed by atoms with E-state index in [4.69, 9.17) is 0 Å². The van der Waals surface area contributed by atoms with Gasteiger partial charge in [0.15, 0.2) is 0 Å². The zero-order valence-corrected chi connectivity index (χ0v) is 14.6. The molecule has 0 N–H and O–H groups in total. The fourth-order valence-corrected chi connectivity index (χ4v) is 4.25. The smallest absolute Gasteiger partial charge is 0.253 e. The number of aromatic nitrogens is 1. The highest BCUT2D eigenvalue weighted by Crippen LogP contribution is 2.37. The number of nitrogens with zero attached hydrogens (tertiary/aromatic N) is 3. The lowest BCUT2D eigenvalue weighted by Crippen LogP contribution is -2.50. The van der Waals surface area contributed by atoms with Gasteiger partial charge in [0.25, 0.3) is 5.91 Å². The molecule has 2 aliphatic rings. The second-order valence-electron chi connectivity index (χ2n) is 7.02. The summed E-state index contributed by atoms with van der Waals surface area (Å²) in [5.41, 5.74) is 4.69. The van der Waals surface area contributed by atoms with E-state index in [9.17, 15) is 4.79 Å². The number of fused-ring (bicyclic) bond motifs is 5. The van der Waals surface area contributed by atoms with Gasteiger partial charge in [-0.2, -0.15) is 0 Å². The van der Waals surface area contributed by atoms with Crippen LogP contribution in [0.5, 0.6) is 0 Å². The highest BCUT2D eigenvalue weighted by molar-refractivity contribution is 5.94. The molecule has 1 unspecified atom stereocenters. The Morgan fingerprint density at radius 3 is 2.58 bits per heavy atom. The van der Waals surface area contributed by atoms with Gasteiger partial charge in [-0.3, -0.25) is 4.79 Å². The molecule has 1 aromatic heterocycles. The maximum Gasteiger partial charge on any atom is 0.253 e. The van der Waals surface area contributed by atoms with E-state index in [0.29, 0.717) is 6.54 Å². The standard InChI is InChI=1S/C22H21N3O/c26-22(17-7-2-1-3-8-17)24-13-14-25-19-10-5-4-9-18(19)15-23-12-6-11-20(23)21(25)16-24/h1-12,21H,13-16H2. The molecule has 0 spiro atoms. The highest BCUT2D eigenvalue weighted by Gasteiger charge is 2.35. The third-order valence-electron chi connectivity index (χ3n) is 5.54. The average Bonchev–Trinajstić information content (AvgIpc) is 3.11. The van der Waals surface area contributed by atoms with Crippen LogP contribution < -0.4 is 4.90 Å². The number of amides is 1. The lowest BCUT2D eigenvalue weighted by atomic mass is 10.0. The van der Waals surface area contributed by atoms with Crippen LogP contribution in [0.1, 0.15) is 27.7 Å². The van der Waals surface area contributed by atoms with Crippen LogP contribution in [0.2, 0.25) is 0 Å². The van der Waals surface area contributed by atoms with E-state index in [0.717, 1.165) is 25.2 Å². The van der Waals surface area contributed by atoms with Crippen molar-refractivity contribution in [3.63, 3.8) is 0 Å². The first-order valence-electron chi connectivity index (χ1n) is 9.15. The van der Waals surface area contributed by atoms with Gasteiger partial charge in [0, 0.05) is 49.3 Å². The van der Waals surface area contributed by atoms with Gasteiger partial charge in [-0.15, -0.1) is 0 Å². The van der Waals surface area contributed by atoms with Crippen LogP contribution in [0.15, 0.2) is 72.9 Å². The minimum atomic E-state index is 0.126. The number of benzene rings is 2. The van der Waals surface area contributed by atoms with Gasteiger partial charge in [-0.25, -0.2) is 0 Å². The average molecular weight is 343 g/mol. The van der Waals surface area contributed by atoms with Crippen molar-refractivity contribution in [2.75, 3.05) is 24.5 Å². The predicted molar refractivity (Wildman–Crippen MR) is 102 cm³/mol. The minimum absolute atomic E-state index is 0.126. The monoisotopic (exact) mass is 343 g/mol. The second kappa shape index (κ2) is 6.06. The molecule has 4 heteroatoms. The summed E-state index contributed by atoms with van der Waals surface area (Å²) in [6.07, 6.45) is 2.15. The highest BCUT2D eigenvalue weighted by atomic mass is 16.2. The zero-order chi connectivity index (χ0) is 17.5. The summed E-state index contributed by atoms with van der Waals surface area (Å²) in [6, 6.07) is 22.7. The molecular formula is C22H21N3O. The van der Waals surface area contributed by atoms with Crippen LogP contribution in [-0.4, -0.2) is 35.0 Å². The second-order valence-corrected chi connectivity index (χ2v) is 7.02. The summed E-state index contributed by atoms with van der Waals surface area (Å²) in [6.45, 7) is 3.20. The molecule has 1 saturated heterocycles. The summed E-state index contributed by atoms with van der Waals surface area (Å²) in [5.74, 6) is 0.126. The van der Waals surface area contributed by atoms with Crippen molar-refractivity contribution >= 4 is 11.6 Å². The summed E-state index contributed by atoms with van der Waals surface area (Å²) < 4.78 is 2.32. The Balaban J connectivity index is 1.52. The minimum Gasteiger partial charge on any atom is -0.359 e. The molecular weight excluding hydrogens is 322 g/mol. The molecule has 1 atom stereocenters. The molecule has 0 saturated carbocycles. The maximum absolute atomic E-state index is 13.0. The zero-order valence-electron chi connectivity index (χ0n) is 14.6. The molecule has 1 fully saturated rings. The Labute approximate surface area is 153 Å². The van der Waals surface area contributed by atoms with Crippen molar-refractivity contribution in [1.82, 2.24) is 9.47 Å². The fraction of sp³-hybridized carbons (Fsp3) is 0.227. The molecule has 3 aromatic rings. The number of carbonyl (C=O) groups is 1. The van der Waals surface area contributed by atoms with Crippen LogP contribution in [0.25, 0.3) is 0 Å². The number of anilines is 1. The van der Waals surface area contributed by atoms with Crippen molar-refractivity contribution in [2.24, 2.45) is 0 Å². The quantitative estimate of drug-likeness (QED) is 0.676. The molecule has 0 bridgehead atoms. The van der Waals surface area contributed by atoms with E-state index < -0.39 is 0 Å². The van der Waals surface area contributed by atoms with Crippen molar-refractivity contribution < 1.29 is 4.79 Å². The number of rotatable bonds is 1.